The number of urea groups is 1. The van der Waals surface area contributed by atoms with E-state index in [0.717, 1.165) is 0 Å². The highest BCUT2D eigenvalue weighted by Gasteiger charge is 2.14. The number of hydrazine groups is 1. The molecule has 24 heavy (non-hydrogen) atoms. The molecule has 4 amide bonds. The molecule has 0 aromatic heterocycles. The number of ether oxygens (including phenoxy) is 1. The number of nitrogens with two attached hydrogens (primary N) is 1. The molecule has 8 nitrogen and oxygen atoms in total. The molecule has 1 rings (SSSR count). The molecule has 1 aromatic rings. The molecule has 0 aliphatic rings. The number of carbonyl (C=O) groups excluding carboxylic acids is 3. The molecule has 1 aromatic carbocycles. The Bertz CT molecular complexity index is 612. The van der Waals surface area contributed by atoms with Crippen molar-refractivity contribution < 1.29 is 19.1 Å². The van der Waals surface area contributed by atoms with E-state index < -0.39 is 23.9 Å². The number of halogens is 2. The Morgan fingerprint density at radius 1 is 1.25 bits per heavy atom. The summed E-state index contributed by atoms with van der Waals surface area (Å²) in [4.78, 5) is 33.7. The SMILES string of the molecule is CC(NC(N)=O)C(=O)NNC(=O)CCCOc1ccc(Cl)cc1Cl. The van der Waals surface area contributed by atoms with E-state index in [4.69, 9.17) is 33.7 Å². The van der Waals surface area contributed by atoms with Crippen molar-refractivity contribution in [3.05, 3.63) is 28.2 Å². The molecule has 0 saturated heterocycles. The zero-order valence-electron chi connectivity index (χ0n) is 12.9. The van der Waals surface area contributed by atoms with Crippen molar-refractivity contribution in [2.75, 3.05) is 6.61 Å². The van der Waals surface area contributed by atoms with Gasteiger partial charge in [0, 0.05) is 11.4 Å². The van der Waals surface area contributed by atoms with Crippen molar-refractivity contribution in [2.45, 2.75) is 25.8 Å². The van der Waals surface area contributed by atoms with Gasteiger partial charge in [0.05, 0.1) is 11.6 Å². The van der Waals surface area contributed by atoms with Crippen molar-refractivity contribution >= 4 is 41.0 Å². The number of nitrogens with one attached hydrogen (secondary N) is 3. The van der Waals surface area contributed by atoms with E-state index in [0.29, 0.717) is 22.2 Å². The third kappa shape index (κ3) is 7.38. The van der Waals surface area contributed by atoms with Crippen molar-refractivity contribution in [2.24, 2.45) is 5.73 Å². The van der Waals surface area contributed by atoms with Crippen molar-refractivity contribution in [1.82, 2.24) is 16.2 Å². The van der Waals surface area contributed by atoms with Crippen LogP contribution in [0.25, 0.3) is 0 Å². The minimum absolute atomic E-state index is 0.128. The largest absolute Gasteiger partial charge is 0.492 e. The fraction of sp³-hybridized carbons (Fsp3) is 0.357. The predicted molar refractivity (Wildman–Crippen MR) is 89.7 cm³/mol. The van der Waals surface area contributed by atoms with Gasteiger partial charge in [0.25, 0.3) is 5.91 Å². The minimum Gasteiger partial charge on any atom is -0.492 e. The molecule has 0 radical (unpaired) electrons. The average molecular weight is 377 g/mol. The second kappa shape index (κ2) is 9.84. The summed E-state index contributed by atoms with van der Waals surface area (Å²) in [5, 5.41) is 3.07. The summed E-state index contributed by atoms with van der Waals surface area (Å²) >= 11 is 11.7. The van der Waals surface area contributed by atoms with E-state index in [1.807, 2.05) is 0 Å². The second-order valence-corrected chi connectivity index (χ2v) is 5.64. The van der Waals surface area contributed by atoms with Crippen LogP contribution < -0.4 is 26.6 Å². The molecule has 1 atom stereocenters. The standard InChI is InChI=1S/C14H18Cl2N4O4/c1-8(18-14(17)23)13(22)20-19-12(21)3-2-6-24-11-5-4-9(15)7-10(11)16/h4-5,7-8H,2-3,6H2,1H3,(H,19,21)(H,20,22)(H3,17,18,23). The van der Waals surface area contributed by atoms with Gasteiger partial charge in [-0.2, -0.15) is 0 Å². The number of benzene rings is 1. The average Bonchev–Trinajstić information content (AvgIpc) is 2.50. The fourth-order valence-corrected chi connectivity index (χ4v) is 2.05. The van der Waals surface area contributed by atoms with Crippen molar-refractivity contribution in [1.29, 1.82) is 0 Å². The zero-order valence-corrected chi connectivity index (χ0v) is 14.4. The molecule has 0 fully saturated rings. The van der Waals surface area contributed by atoms with E-state index in [-0.39, 0.29) is 13.0 Å². The van der Waals surface area contributed by atoms with Gasteiger partial charge in [0.2, 0.25) is 5.91 Å². The summed E-state index contributed by atoms with van der Waals surface area (Å²) in [6.45, 7) is 1.69. The van der Waals surface area contributed by atoms with Crippen LogP contribution in [-0.2, 0) is 9.59 Å². The molecule has 0 aliphatic heterocycles. The summed E-state index contributed by atoms with van der Waals surface area (Å²) in [5.41, 5.74) is 9.29. The van der Waals surface area contributed by atoms with Gasteiger partial charge in [-0.1, -0.05) is 23.2 Å². The molecule has 0 bridgehead atoms. The third-order valence-electron chi connectivity index (χ3n) is 2.78. The number of amides is 4. The molecule has 0 spiro atoms. The third-order valence-corrected chi connectivity index (χ3v) is 3.31. The normalized spacial score (nSPS) is 11.3. The quantitative estimate of drug-likeness (QED) is 0.423. The monoisotopic (exact) mass is 376 g/mol. The Labute approximate surface area is 149 Å². The van der Waals surface area contributed by atoms with Crippen LogP contribution in [0.15, 0.2) is 18.2 Å². The highest BCUT2D eigenvalue weighted by Crippen LogP contribution is 2.27. The van der Waals surface area contributed by atoms with E-state index in [2.05, 4.69) is 16.2 Å². The highest BCUT2D eigenvalue weighted by molar-refractivity contribution is 6.35. The lowest BCUT2D eigenvalue weighted by molar-refractivity contribution is -0.129. The maximum absolute atomic E-state index is 11.6. The molecular weight excluding hydrogens is 359 g/mol. The van der Waals surface area contributed by atoms with E-state index in [1.165, 1.54) is 6.92 Å². The lowest BCUT2D eigenvalue weighted by Gasteiger charge is -2.13. The van der Waals surface area contributed by atoms with Crippen LogP contribution in [0.4, 0.5) is 4.79 Å². The highest BCUT2D eigenvalue weighted by atomic mass is 35.5. The number of hydrogen-bond acceptors (Lipinski definition) is 4. The summed E-state index contributed by atoms with van der Waals surface area (Å²) in [5.74, 6) is -0.520. The first-order chi connectivity index (χ1) is 11.3. The summed E-state index contributed by atoms with van der Waals surface area (Å²) < 4.78 is 5.43. The van der Waals surface area contributed by atoms with Gasteiger partial charge in [-0.15, -0.1) is 0 Å². The molecular formula is C14H18Cl2N4O4. The molecule has 5 N–H and O–H groups in total. The molecule has 0 saturated carbocycles. The van der Waals surface area contributed by atoms with Gasteiger partial charge in [-0.25, -0.2) is 4.79 Å². The van der Waals surface area contributed by atoms with E-state index in [9.17, 15) is 14.4 Å². The van der Waals surface area contributed by atoms with Crippen LogP contribution in [0.1, 0.15) is 19.8 Å². The van der Waals surface area contributed by atoms with Crippen molar-refractivity contribution in [3.63, 3.8) is 0 Å². The number of carbonyl (C=O) groups is 3. The first-order valence-electron chi connectivity index (χ1n) is 7.02. The van der Waals surface area contributed by atoms with Crippen LogP contribution in [0.5, 0.6) is 5.75 Å². The van der Waals surface area contributed by atoms with Gasteiger partial charge in [0.15, 0.2) is 0 Å². The Morgan fingerprint density at radius 2 is 1.96 bits per heavy atom. The zero-order chi connectivity index (χ0) is 18.1. The second-order valence-electron chi connectivity index (χ2n) is 4.79. The van der Waals surface area contributed by atoms with Gasteiger partial charge in [-0.05, 0) is 31.5 Å². The van der Waals surface area contributed by atoms with Crippen LogP contribution in [0.2, 0.25) is 10.0 Å². The Hall–Kier alpha value is -2.19. The topological polar surface area (TPSA) is 123 Å². The fourth-order valence-electron chi connectivity index (χ4n) is 1.59. The van der Waals surface area contributed by atoms with Gasteiger partial charge in [-0.3, -0.25) is 20.4 Å². The summed E-state index contributed by atoms with van der Waals surface area (Å²) in [6, 6.07) is 3.15. The van der Waals surface area contributed by atoms with Gasteiger partial charge in [0.1, 0.15) is 11.8 Å². The number of rotatable bonds is 7. The first-order valence-corrected chi connectivity index (χ1v) is 7.77. The Morgan fingerprint density at radius 3 is 2.58 bits per heavy atom. The van der Waals surface area contributed by atoms with Gasteiger partial charge >= 0.3 is 6.03 Å². The first kappa shape index (κ1) is 19.9. The maximum atomic E-state index is 11.6. The van der Waals surface area contributed by atoms with Crippen molar-refractivity contribution in [3.8, 4) is 5.75 Å². The van der Waals surface area contributed by atoms with E-state index in [1.54, 1.807) is 18.2 Å². The minimum atomic E-state index is -0.863. The molecule has 0 aliphatic carbocycles. The maximum Gasteiger partial charge on any atom is 0.312 e. The Balaban J connectivity index is 2.22. The molecule has 132 valence electrons. The van der Waals surface area contributed by atoms with Gasteiger partial charge < -0.3 is 15.8 Å². The summed E-state index contributed by atoms with van der Waals surface area (Å²) in [6.07, 6.45) is 0.541. The lowest BCUT2D eigenvalue weighted by Crippen LogP contribution is -2.52. The predicted octanol–water partition coefficient (Wildman–Crippen LogP) is 1.36. The van der Waals surface area contributed by atoms with E-state index >= 15 is 0 Å². The molecule has 0 heterocycles. The molecule has 10 heteroatoms. The number of primary amides is 1. The number of hydrogen-bond donors (Lipinski definition) is 4. The lowest BCUT2D eigenvalue weighted by atomic mass is 10.3. The van der Waals surface area contributed by atoms with Crippen LogP contribution in [0.3, 0.4) is 0 Å². The van der Waals surface area contributed by atoms with Crippen LogP contribution in [-0.4, -0.2) is 30.5 Å². The van der Waals surface area contributed by atoms with Crippen LogP contribution in [0, 0.1) is 0 Å². The smallest absolute Gasteiger partial charge is 0.312 e. The van der Waals surface area contributed by atoms with Crippen LogP contribution >= 0.6 is 23.2 Å². The molecule has 1 unspecified atom stereocenters. The Kier molecular flexibility index (Phi) is 8.14. The summed E-state index contributed by atoms with van der Waals surface area (Å²) in [7, 11) is 0.